The van der Waals surface area contributed by atoms with Gasteiger partial charge in [-0.2, -0.15) is 0 Å². The van der Waals surface area contributed by atoms with Gasteiger partial charge in [0.25, 0.3) is 0 Å². The van der Waals surface area contributed by atoms with Gasteiger partial charge in [0.2, 0.25) is 5.91 Å². The number of hydrogen-bond donors (Lipinski definition) is 3. The minimum absolute atomic E-state index is 0.0755. The van der Waals surface area contributed by atoms with E-state index in [0.29, 0.717) is 19.0 Å². The summed E-state index contributed by atoms with van der Waals surface area (Å²) in [6.07, 6.45) is 0. The molecule has 27 heavy (non-hydrogen) atoms. The average Bonchev–Trinajstić information content (AvgIpc) is 2.90. The molecule has 1 aromatic rings. The summed E-state index contributed by atoms with van der Waals surface area (Å²) in [6.45, 7) is 8.64. The van der Waals surface area contributed by atoms with E-state index in [0.717, 1.165) is 39.3 Å². The van der Waals surface area contributed by atoms with Gasteiger partial charge in [0.05, 0.1) is 0 Å². The summed E-state index contributed by atoms with van der Waals surface area (Å²) in [4.78, 5) is 28.7. The predicted octanol–water partition coefficient (Wildman–Crippen LogP) is -0.0107. The highest BCUT2D eigenvalue weighted by atomic mass is 16.2. The monoisotopic (exact) mass is 371 g/mol. The molecule has 5 rings (SSSR count). The fourth-order valence-corrected chi connectivity index (χ4v) is 5.18. The molecule has 3 N–H and O–H groups in total. The van der Waals surface area contributed by atoms with Crippen molar-refractivity contribution in [3.05, 3.63) is 35.9 Å². The predicted molar refractivity (Wildman–Crippen MR) is 103 cm³/mol. The number of benzene rings is 1. The van der Waals surface area contributed by atoms with Gasteiger partial charge >= 0.3 is 6.03 Å². The van der Waals surface area contributed by atoms with Crippen LogP contribution in [0.5, 0.6) is 0 Å². The first-order valence-corrected chi connectivity index (χ1v) is 9.86. The highest BCUT2D eigenvalue weighted by Crippen LogP contribution is 2.43. The van der Waals surface area contributed by atoms with Crippen molar-refractivity contribution in [2.45, 2.75) is 18.4 Å². The lowest BCUT2D eigenvalue weighted by atomic mass is 9.64. The number of nitrogens with one attached hydrogen (secondary N) is 3. The lowest BCUT2D eigenvalue weighted by Crippen LogP contribution is -2.71. The molecule has 0 spiro atoms. The molecule has 0 radical (unpaired) electrons. The van der Waals surface area contributed by atoms with Crippen LogP contribution in [0.25, 0.3) is 0 Å². The van der Waals surface area contributed by atoms with Crippen LogP contribution in [0.1, 0.15) is 12.5 Å². The van der Waals surface area contributed by atoms with Crippen molar-refractivity contribution in [3.63, 3.8) is 0 Å². The Morgan fingerprint density at radius 3 is 2.30 bits per heavy atom. The number of urea groups is 1. The Kier molecular flexibility index (Phi) is 5.06. The summed E-state index contributed by atoms with van der Waals surface area (Å²) < 4.78 is 0. The second-order valence-corrected chi connectivity index (χ2v) is 8.11. The van der Waals surface area contributed by atoms with Crippen LogP contribution in [0.4, 0.5) is 4.79 Å². The molecule has 3 amide bonds. The lowest BCUT2D eigenvalue weighted by molar-refractivity contribution is -0.118. The van der Waals surface area contributed by atoms with E-state index in [2.05, 4.69) is 56.1 Å². The Labute approximate surface area is 160 Å². The van der Waals surface area contributed by atoms with E-state index < -0.39 is 0 Å². The Balaban J connectivity index is 1.52. The average molecular weight is 371 g/mol. The topological polar surface area (TPSA) is 76.7 Å². The van der Waals surface area contributed by atoms with Crippen LogP contribution in [0.15, 0.2) is 30.3 Å². The number of fused-ring (bicyclic) bond motifs is 1. The first kappa shape index (κ1) is 18.3. The standard InChI is InChI=1S/C20H29N5O2/c1-15(26)21-7-8-22-19(27)23-18-16-11-24-9-10-25(12-16)14-20(18,13-24)17-5-3-2-4-6-17/h2-6,16,18H,7-14H2,1H3,(H,21,26)(H2,22,23,27)/t16?,18-,20?/m1/s1. The van der Waals surface area contributed by atoms with Crippen molar-refractivity contribution >= 4 is 11.9 Å². The molecule has 0 aromatic heterocycles. The smallest absolute Gasteiger partial charge is 0.315 e. The molecule has 4 aliphatic rings. The minimum Gasteiger partial charge on any atom is -0.355 e. The van der Waals surface area contributed by atoms with Gasteiger partial charge in [0, 0.05) is 76.7 Å². The van der Waals surface area contributed by atoms with Crippen LogP contribution < -0.4 is 16.0 Å². The number of carbonyl (C=O) groups is 2. The molecule has 4 saturated heterocycles. The molecule has 2 unspecified atom stereocenters. The van der Waals surface area contributed by atoms with Crippen LogP contribution in [-0.4, -0.2) is 80.1 Å². The maximum Gasteiger partial charge on any atom is 0.315 e. The van der Waals surface area contributed by atoms with Crippen molar-refractivity contribution < 1.29 is 9.59 Å². The highest BCUT2D eigenvalue weighted by molar-refractivity contribution is 5.75. The Bertz CT molecular complexity index is 679. The van der Waals surface area contributed by atoms with Gasteiger partial charge in [0.1, 0.15) is 0 Å². The van der Waals surface area contributed by atoms with E-state index in [1.807, 2.05) is 0 Å². The van der Waals surface area contributed by atoms with E-state index in [9.17, 15) is 9.59 Å². The van der Waals surface area contributed by atoms with E-state index in [-0.39, 0.29) is 23.4 Å². The quantitative estimate of drug-likeness (QED) is 0.637. The van der Waals surface area contributed by atoms with E-state index in [1.54, 1.807) is 0 Å². The third kappa shape index (κ3) is 3.66. The molecule has 4 fully saturated rings. The second kappa shape index (κ2) is 7.48. The van der Waals surface area contributed by atoms with Crippen molar-refractivity contribution in [1.82, 2.24) is 25.8 Å². The number of rotatable bonds is 5. The summed E-state index contributed by atoms with van der Waals surface area (Å²) in [5, 5.41) is 8.89. The Morgan fingerprint density at radius 1 is 1.04 bits per heavy atom. The van der Waals surface area contributed by atoms with E-state index in [4.69, 9.17) is 0 Å². The van der Waals surface area contributed by atoms with Crippen LogP contribution in [-0.2, 0) is 10.2 Å². The van der Waals surface area contributed by atoms with Crippen LogP contribution >= 0.6 is 0 Å². The minimum atomic E-state index is -0.142. The third-order valence-corrected chi connectivity index (χ3v) is 6.22. The van der Waals surface area contributed by atoms with Gasteiger partial charge < -0.3 is 25.8 Å². The number of nitrogens with zero attached hydrogens (tertiary/aromatic N) is 2. The van der Waals surface area contributed by atoms with Gasteiger partial charge in [-0.25, -0.2) is 4.79 Å². The molecule has 4 aliphatic heterocycles. The molecule has 4 heterocycles. The van der Waals surface area contributed by atoms with E-state index in [1.165, 1.54) is 12.5 Å². The lowest BCUT2D eigenvalue weighted by Gasteiger charge is -2.55. The molecule has 0 aliphatic carbocycles. The zero-order valence-corrected chi connectivity index (χ0v) is 15.9. The molecule has 0 saturated carbocycles. The Hall–Kier alpha value is -2.12. The summed E-state index contributed by atoms with van der Waals surface area (Å²) in [7, 11) is 0. The van der Waals surface area contributed by atoms with Gasteiger partial charge in [-0.05, 0) is 5.56 Å². The normalized spacial score (nSPS) is 34.0. The highest BCUT2D eigenvalue weighted by Gasteiger charge is 2.55. The third-order valence-electron chi connectivity index (χ3n) is 6.22. The van der Waals surface area contributed by atoms with Gasteiger partial charge in [-0.15, -0.1) is 0 Å². The number of piperidine rings is 2. The first-order chi connectivity index (χ1) is 13.1. The first-order valence-electron chi connectivity index (χ1n) is 9.86. The molecule has 1 aromatic carbocycles. The van der Waals surface area contributed by atoms with Crippen molar-refractivity contribution in [2.24, 2.45) is 5.92 Å². The van der Waals surface area contributed by atoms with Gasteiger partial charge in [-0.3, -0.25) is 4.79 Å². The Morgan fingerprint density at radius 2 is 1.67 bits per heavy atom. The maximum absolute atomic E-state index is 12.6. The van der Waals surface area contributed by atoms with Crippen LogP contribution in [0, 0.1) is 5.92 Å². The number of carbonyl (C=O) groups excluding carboxylic acids is 2. The largest absolute Gasteiger partial charge is 0.355 e. The second-order valence-electron chi connectivity index (χ2n) is 8.11. The fourth-order valence-electron chi connectivity index (χ4n) is 5.18. The van der Waals surface area contributed by atoms with Crippen LogP contribution in [0.3, 0.4) is 0 Å². The van der Waals surface area contributed by atoms with Crippen molar-refractivity contribution in [1.29, 1.82) is 0 Å². The molecule has 4 bridgehead atoms. The summed E-state index contributed by atoms with van der Waals surface area (Å²) in [6, 6.07) is 10.6. The zero-order valence-electron chi connectivity index (χ0n) is 15.9. The van der Waals surface area contributed by atoms with Crippen LogP contribution in [0.2, 0.25) is 0 Å². The van der Waals surface area contributed by atoms with Gasteiger partial charge in [-0.1, -0.05) is 30.3 Å². The number of hydrogen-bond acceptors (Lipinski definition) is 4. The van der Waals surface area contributed by atoms with Crippen molar-refractivity contribution in [2.75, 3.05) is 52.4 Å². The molecular formula is C20H29N5O2. The SMILES string of the molecule is CC(=O)NCCNC(=O)N[C@@H]1C2CN3CCN(C2)CC1(c1ccccc1)C3. The summed E-state index contributed by atoms with van der Waals surface area (Å²) in [5.74, 6) is 0.344. The molecule has 7 nitrogen and oxygen atoms in total. The number of amides is 3. The van der Waals surface area contributed by atoms with E-state index >= 15 is 0 Å². The maximum atomic E-state index is 12.6. The molecular weight excluding hydrogens is 342 g/mol. The summed E-state index contributed by atoms with van der Waals surface area (Å²) >= 11 is 0. The fraction of sp³-hybridized carbons (Fsp3) is 0.600. The summed E-state index contributed by atoms with van der Waals surface area (Å²) in [5.41, 5.74) is 1.24. The molecule has 3 atom stereocenters. The molecule has 146 valence electrons. The molecule has 7 heteroatoms. The zero-order chi connectivity index (χ0) is 18.9. The van der Waals surface area contributed by atoms with Crippen molar-refractivity contribution in [3.8, 4) is 0 Å². The van der Waals surface area contributed by atoms with Gasteiger partial charge in [0.15, 0.2) is 0 Å².